The van der Waals surface area contributed by atoms with E-state index >= 15 is 0 Å². The van der Waals surface area contributed by atoms with Crippen molar-refractivity contribution in [3.05, 3.63) is 0 Å². The molecule has 0 spiro atoms. The Balaban J connectivity index is 3.97. The van der Waals surface area contributed by atoms with Gasteiger partial charge < -0.3 is 19.7 Å². The molecule has 140 valence electrons. The van der Waals surface area contributed by atoms with E-state index in [1.165, 1.54) is 0 Å². The zero-order chi connectivity index (χ0) is 18.7. The molecule has 0 radical (unpaired) electrons. The van der Waals surface area contributed by atoms with Crippen LogP contribution in [-0.4, -0.2) is 53.4 Å². The van der Waals surface area contributed by atoms with E-state index in [0.29, 0.717) is 12.8 Å². The molecule has 0 heterocycles. The number of hydrogen-bond acceptors (Lipinski definition) is 7. The number of hydrogen-bond donors (Lipinski definition) is 2. The van der Waals surface area contributed by atoms with E-state index in [2.05, 4.69) is 0 Å². The second kappa shape index (κ2) is 12.0. The minimum absolute atomic E-state index is 0.0167. The Hall–Kier alpha value is -1.47. The second-order valence-corrected chi connectivity index (χ2v) is 6.27. The zero-order valence-corrected chi connectivity index (χ0v) is 15.0. The summed E-state index contributed by atoms with van der Waals surface area (Å²) in [6.45, 7) is 6.94. The number of ketones is 2. The van der Waals surface area contributed by atoms with Gasteiger partial charge in [0.25, 0.3) is 0 Å². The maximum atomic E-state index is 11.6. The van der Waals surface area contributed by atoms with Gasteiger partial charge in [-0.3, -0.25) is 9.59 Å². The predicted octanol–water partition coefficient (Wildman–Crippen LogP) is 1.87. The van der Waals surface area contributed by atoms with Gasteiger partial charge in [-0.25, -0.2) is 4.79 Å². The first-order valence-corrected chi connectivity index (χ1v) is 8.42. The summed E-state index contributed by atoms with van der Waals surface area (Å²) in [7, 11) is 0. The second-order valence-electron chi connectivity index (χ2n) is 6.27. The van der Waals surface area contributed by atoms with Crippen molar-refractivity contribution in [1.82, 2.24) is 0 Å². The van der Waals surface area contributed by atoms with E-state index in [9.17, 15) is 24.6 Å². The fraction of sp³-hybridized carbons (Fsp3) is 0.824. The van der Waals surface area contributed by atoms with Crippen molar-refractivity contribution >= 4 is 17.7 Å². The number of aliphatic hydroxyl groups excluding tert-OH is 2. The van der Waals surface area contributed by atoms with Gasteiger partial charge in [-0.2, -0.15) is 0 Å². The third-order valence-electron chi connectivity index (χ3n) is 3.59. The monoisotopic (exact) mass is 346 g/mol. The van der Waals surface area contributed by atoms with Crippen LogP contribution in [0.2, 0.25) is 0 Å². The molecule has 7 nitrogen and oxygen atoms in total. The van der Waals surface area contributed by atoms with Crippen molar-refractivity contribution in [2.45, 2.75) is 65.6 Å². The Kier molecular flexibility index (Phi) is 11.2. The zero-order valence-electron chi connectivity index (χ0n) is 15.0. The molecule has 24 heavy (non-hydrogen) atoms. The van der Waals surface area contributed by atoms with Crippen LogP contribution in [0.3, 0.4) is 0 Å². The summed E-state index contributed by atoms with van der Waals surface area (Å²) in [6.07, 6.45) is -1.84. The van der Waals surface area contributed by atoms with Gasteiger partial charge in [0.1, 0.15) is 12.2 Å². The molecule has 0 rings (SSSR count). The van der Waals surface area contributed by atoms with Gasteiger partial charge in [-0.1, -0.05) is 27.7 Å². The topological polar surface area (TPSA) is 110 Å². The lowest BCUT2D eigenvalue weighted by atomic mass is 10.0. The van der Waals surface area contributed by atoms with Crippen molar-refractivity contribution < 1.29 is 34.1 Å². The highest BCUT2D eigenvalue weighted by Crippen LogP contribution is 2.10. The Morgan fingerprint density at radius 2 is 1.12 bits per heavy atom. The standard InChI is InChI=1S/C17H30O7/c1-5-13(18)15(20)7-11(3)9-23-17(22)24-10-12(4)8-16(21)14(19)6-2/h11-14,18-19H,5-10H2,1-4H3. The minimum Gasteiger partial charge on any atom is -0.434 e. The van der Waals surface area contributed by atoms with Gasteiger partial charge in [0, 0.05) is 12.8 Å². The first-order valence-electron chi connectivity index (χ1n) is 8.42. The maximum Gasteiger partial charge on any atom is 0.508 e. The van der Waals surface area contributed by atoms with Crippen LogP contribution < -0.4 is 0 Å². The smallest absolute Gasteiger partial charge is 0.434 e. The Morgan fingerprint density at radius 1 is 0.792 bits per heavy atom. The lowest BCUT2D eigenvalue weighted by molar-refractivity contribution is -0.128. The van der Waals surface area contributed by atoms with Gasteiger partial charge in [0.05, 0.1) is 13.2 Å². The van der Waals surface area contributed by atoms with Gasteiger partial charge in [0.15, 0.2) is 11.6 Å². The highest BCUT2D eigenvalue weighted by molar-refractivity contribution is 5.83. The van der Waals surface area contributed by atoms with Gasteiger partial charge in [-0.15, -0.1) is 0 Å². The first-order chi connectivity index (χ1) is 11.2. The van der Waals surface area contributed by atoms with Crippen LogP contribution in [-0.2, 0) is 19.1 Å². The molecule has 0 aliphatic carbocycles. The minimum atomic E-state index is -0.976. The molecule has 0 bridgehead atoms. The maximum absolute atomic E-state index is 11.6. The van der Waals surface area contributed by atoms with Crippen LogP contribution in [0.15, 0.2) is 0 Å². The van der Waals surface area contributed by atoms with Crippen molar-refractivity contribution in [2.75, 3.05) is 13.2 Å². The number of aliphatic hydroxyl groups is 2. The Bertz CT molecular complexity index is 372. The van der Waals surface area contributed by atoms with Gasteiger partial charge in [0.2, 0.25) is 0 Å². The fourth-order valence-electron chi connectivity index (χ4n) is 1.99. The first kappa shape index (κ1) is 22.5. The van der Waals surface area contributed by atoms with Crippen molar-refractivity contribution in [3.8, 4) is 0 Å². The van der Waals surface area contributed by atoms with Crippen LogP contribution in [0.1, 0.15) is 53.4 Å². The molecule has 0 aliphatic heterocycles. The number of carbonyl (C=O) groups is 3. The average molecular weight is 346 g/mol. The summed E-state index contributed by atoms with van der Waals surface area (Å²) in [4.78, 5) is 34.6. The van der Waals surface area contributed by atoms with Gasteiger partial charge in [-0.05, 0) is 24.7 Å². The van der Waals surface area contributed by atoms with Crippen LogP contribution in [0.5, 0.6) is 0 Å². The highest BCUT2D eigenvalue weighted by Gasteiger charge is 2.19. The van der Waals surface area contributed by atoms with Crippen molar-refractivity contribution in [2.24, 2.45) is 11.8 Å². The molecule has 2 N–H and O–H groups in total. The number of rotatable bonds is 12. The van der Waals surface area contributed by atoms with Crippen LogP contribution >= 0.6 is 0 Å². The highest BCUT2D eigenvalue weighted by atomic mass is 16.7. The Labute approximate surface area is 143 Å². The quantitative estimate of drug-likeness (QED) is 0.519. The van der Waals surface area contributed by atoms with Crippen molar-refractivity contribution in [3.63, 3.8) is 0 Å². The van der Waals surface area contributed by atoms with Crippen molar-refractivity contribution in [1.29, 1.82) is 0 Å². The summed E-state index contributed by atoms with van der Waals surface area (Å²) in [5.41, 5.74) is 0. The SMILES string of the molecule is CCC(O)C(=O)CC(C)COC(=O)OCC(C)CC(=O)C(O)CC. The molecule has 0 aromatic heterocycles. The average Bonchev–Trinajstić information content (AvgIpc) is 2.56. The van der Waals surface area contributed by atoms with Crippen LogP contribution in [0.4, 0.5) is 4.79 Å². The lowest BCUT2D eigenvalue weighted by Gasteiger charge is -2.15. The number of Topliss-reactive ketones (excluding diaryl/α,β-unsaturated/α-hetero) is 2. The number of carbonyl (C=O) groups excluding carboxylic acids is 3. The summed E-state index contributed by atoms with van der Waals surface area (Å²) in [5, 5.41) is 18.8. The Morgan fingerprint density at radius 3 is 1.42 bits per heavy atom. The van der Waals surface area contributed by atoms with E-state index < -0.39 is 18.4 Å². The molecule has 0 saturated heterocycles. The van der Waals surface area contributed by atoms with E-state index in [-0.39, 0.29) is 49.5 Å². The molecule has 0 amide bonds. The third-order valence-corrected chi connectivity index (χ3v) is 3.59. The van der Waals surface area contributed by atoms with Crippen LogP contribution in [0, 0.1) is 11.8 Å². The summed E-state index contributed by atoms with van der Waals surface area (Å²) >= 11 is 0. The molecule has 0 aromatic rings. The third kappa shape index (κ3) is 9.62. The summed E-state index contributed by atoms with van der Waals surface area (Å²) in [6, 6.07) is 0. The molecular weight excluding hydrogens is 316 g/mol. The molecule has 7 heteroatoms. The summed E-state index contributed by atoms with van der Waals surface area (Å²) < 4.78 is 9.83. The fourth-order valence-corrected chi connectivity index (χ4v) is 1.99. The van der Waals surface area contributed by atoms with Crippen LogP contribution in [0.25, 0.3) is 0 Å². The molecule has 4 atom stereocenters. The van der Waals surface area contributed by atoms with E-state index in [4.69, 9.17) is 9.47 Å². The van der Waals surface area contributed by atoms with Gasteiger partial charge >= 0.3 is 6.16 Å². The van der Waals surface area contributed by atoms with E-state index in [0.717, 1.165) is 0 Å². The molecule has 0 aromatic carbocycles. The number of ether oxygens (including phenoxy) is 2. The normalized spacial score (nSPS) is 15.9. The van der Waals surface area contributed by atoms with E-state index in [1.54, 1.807) is 27.7 Å². The summed E-state index contributed by atoms with van der Waals surface area (Å²) in [5.74, 6) is -0.984. The molecule has 4 unspecified atom stereocenters. The molecule has 0 aliphatic rings. The molecular formula is C17H30O7. The molecule has 0 saturated carbocycles. The van der Waals surface area contributed by atoms with E-state index in [1.807, 2.05) is 0 Å². The largest absolute Gasteiger partial charge is 0.508 e. The predicted molar refractivity (Wildman–Crippen MR) is 87.5 cm³/mol. The lowest BCUT2D eigenvalue weighted by Crippen LogP contribution is -2.25. The molecule has 0 fully saturated rings.